The molecule has 1 fully saturated rings. The zero-order chi connectivity index (χ0) is 21.2. The summed E-state index contributed by atoms with van der Waals surface area (Å²) in [6, 6.07) is 7.76. The van der Waals surface area contributed by atoms with Crippen LogP contribution in [-0.4, -0.2) is 57.4 Å². The summed E-state index contributed by atoms with van der Waals surface area (Å²) in [5.74, 6) is 0.916. The number of amides is 2. The Morgan fingerprint density at radius 2 is 1.90 bits per heavy atom. The van der Waals surface area contributed by atoms with Gasteiger partial charge in [0.2, 0.25) is 11.8 Å². The normalized spacial score (nSPS) is 17.5. The Balaban J connectivity index is 1.59. The zero-order valence-electron chi connectivity index (χ0n) is 17.9. The lowest BCUT2D eigenvalue weighted by atomic mass is 9.91. The molecule has 1 unspecified atom stereocenters. The SMILES string of the molecule is Cc1ccccc1-c1nc(CC(=O)N2CCN(C(=O)CC(C)(C)C)C(C)C2)no1. The molecule has 2 aromatic rings. The van der Waals surface area contributed by atoms with Gasteiger partial charge in [0.25, 0.3) is 5.89 Å². The fraction of sp³-hybridized carbons (Fsp3) is 0.545. The van der Waals surface area contributed by atoms with Crippen LogP contribution in [-0.2, 0) is 16.0 Å². The molecule has 1 aromatic heterocycles. The molecule has 0 radical (unpaired) electrons. The molecule has 1 atom stereocenters. The maximum atomic E-state index is 12.7. The number of aromatic nitrogens is 2. The molecule has 2 amide bonds. The number of nitrogens with zero attached hydrogens (tertiary/aromatic N) is 4. The molecular weight excluding hydrogens is 368 g/mol. The molecule has 29 heavy (non-hydrogen) atoms. The average Bonchev–Trinajstić information content (AvgIpc) is 3.08. The van der Waals surface area contributed by atoms with Gasteiger partial charge in [0.1, 0.15) is 0 Å². The smallest absolute Gasteiger partial charge is 0.258 e. The minimum Gasteiger partial charge on any atom is -0.338 e. The predicted octanol–water partition coefficient (Wildman–Crippen LogP) is 3.08. The monoisotopic (exact) mass is 398 g/mol. The lowest BCUT2D eigenvalue weighted by Crippen LogP contribution is -2.56. The number of benzene rings is 1. The van der Waals surface area contributed by atoms with Gasteiger partial charge in [-0.15, -0.1) is 0 Å². The van der Waals surface area contributed by atoms with Gasteiger partial charge in [-0.1, -0.05) is 44.1 Å². The third kappa shape index (κ3) is 5.22. The number of rotatable bonds is 4. The second-order valence-corrected chi connectivity index (χ2v) is 9.02. The Kier molecular flexibility index (Phi) is 6.05. The minimum absolute atomic E-state index is 0.00431. The molecule has 1 aliphatic rings. The molecule has 3 rings (SSSR count). The Morgan fingerprint density at radius 3 is 2.55 bits per heavy atom. The Labute approximate surface area is 172 Å². The summed E-state index contributed by atoms with van der Waals surface area (Å²) >= 11 is 0. The lowest BCUT2D eigenvalue weighted by Gasteiger charge is -2.40. The number of aryl methyl sites for hydroxylation is 1. The molecule has 1 aliphatic heterocycles. The van der Waals surface area contributed by atoms with Crippen molar-refractivity contribution in [1.82, 2.24) is 19.9 Å². The second-order valence-electron chi connectivity index (χ2n) is 9.02. The van der Waals surface area contributed by atoms with Crippen LogP contribution in [0.4, 0.5) is 0 Å². The molecule has 0 aliphatic carbocycles. The Morgan fingerprint density at radius 1 is 1.17 bits per heavy atom. The highest BCUT2D eigenvalue weighted by Gasteiger charge is 2.31. The van der Waals surface area contributed by atoms with Gasteiger partial charge in [-0.3, -0.25) is 9.59 Å². The number of carbonyl (C=O) groups excluding carboxylic acids is 2. The van der Waals surface area contributed by atoms with Crippen LogP contribution in [0.25, 0.3) is 11.5 Å². The minimum atomic E-state index is -0.0445. The van der Waals surface area contributed by atoms with E-state index in [9.17, 15) is 9.59 Å². The van der Waals surface area contributed by atoms with Gasteiger partial charge in [0, 0.05) is 37.7 Å². The Hall–Kier alpha value is -2.70. The van der Waals surface area contributed by atoms with Crippen LogP contribution in [0.15, 0.2) is 28.8 Å². The van der Waals surface area contributed by atoms with Crippen molar-refractivity contribution in [3.63, 3.8) is 0 Å². The summed E-state index contributed by atoms with van der Waals surface area (Å²) < 4.78 is 5.35. The molecule has 156 valence electrons. The summed E-state index contributed by atoms with van der Waals surface area (Å²) in [5, 5.41) is 3.97. The highest BCUT2D eigenvalue weighted by Crippen LogP contribution is 2.23. The standard InChI is InChI=1S/C22H30N4O3/c1-15-8-6-7-9-17(15)21-23-18(24-29-21)12-19(27)25-10-11-26(16(2)14-25)20(28)13-22(3,4)5/h6-9,16H,10-14H2,1-5H3. The molecule has 0 N–H and O–H groups in total. The fourth-order valence-electron chi connectivity index (χ4n) is 3.60. The second kappa shape index (κ2) is 8.35. The van der Waals surface area contributed by atoms with E-state index in [1.54, 1.807) is 4.90 Å². The molecule has 7 nitrogen and oxygen atoms in total. The maximum absolute atomic E-state index is 12.7. The largest absolute Gasteiger partial charge is 0.338 e. The van der Waals surface area contributed by atoms with Crippen LogP contribution in [0, 0.1) is 12.3 Å². The molecule has 7 heteroatoms. The van der Waals surface area contributed by atoms with Crippen molar-refractivity contribution in [2.24, 2.45) is 5.41 Å². The highest BCUT2D eigenvalue weighted by atomic mass is 16.5. The highest BCUT2D eigenvalue weighted by molar-refractivity contribution is 5.80. The van der Waals surface area contributed by atoms with E-state index in [0.717, 1.165) is 11.1 Å². The molecule has 1 saturated heterocycles. The van der Waals surface area contributed by atoms with E-state index in [1.807, 2.05) is 43.0 Å². The van der Waals surface area contributed by atoms with E-state index in [0.29, 0.717) is 37.8 Å². The van der Waals surface area contributed by atoms with Crippen molar-refractivity contribution in [2.45, 2.75) is 53.5 Å². The van der Waals surface area contributed by atoms with Crippen LogP contribution in [0.5, 0.6) is 0 Å². The van der Waals surface area contributed by atoms with E-state index in [-0.39, 0.29) is 29.7 Å². The van der Waals surface area contributed by atoms with E-state index in [2.05, 4.69) is 30.9 Å². The first-order valence-electron chi connectivity index (χ1n) is 10.1. The summed E-state index contributed by atoms with van der Waals surface area (Å²) in [4.78, 5) is 33.3. The van der Waals surface area contributed by atoms with E-state index >= 15 is 0 Å². The topological polar surface area (TPSA) is 79.5 Å². The number of hydrogen-bond acceptors (Lipinski definition) is 5. The quantitative estimate of drug-likeness (QED) is 0.791. The average molecular weight is 399 g/mol. The van der Waals surface area contributed by atoms with Crippen molar-refractivity contribution in [3.8, 4) is 11.5 Å². The van der Waals surface area contributed by atoms with Crippen molar-refractivity contribution >= 4 is 11.8 Å². The van der Waals surface area contributed by atoms with Gasteiger partial charge in [-0.05, 0) is 30.9 Å². The van der Waals surface area contributed by atoms with E-state index in [1.165, 1.54) is 0 Å². The lowest BCUT2D eigenvalue weighted by molar-refractivity contribution is -0.143. The van der Waals surface area contributed by atoms with Crippen LogP contribution in [0.3, 0.4) is 0 Å². The van der Waals surface area contributed by atoms with E-state index in [4.69, 9.17) is 4.52 Å². The molecule has 2 heterocycles. The van der Waals surface area contributed by atoms with E-state index < -0.39 is 0 Å². The van der Waals surface area contributed by atoms with Gasteiger partial charge in [0.15, 0.2) is 5.82 Å². The van der Waals surface area contributed by atoms with Crippen LogP contribution in [0.1, 0.15) is 45.5 Å². The predicted molar refractivity (Wildman–Crippen MR) is 110 cm³/mol. The van der Waals surface area contributed by atoms with Gasteiger partial charge in [0.05, 0.1) is 6.42 Å². The first kappa shape index (κ1) is 21.0. The van der Waals surface area contributed by atoms with Gasteiger partial charge < -0.3 is 14.3 Å². The first-order valence-corrected chi connectivity index (χ1v) is 10.1. The summed E-state index contributed by atoms with van der Waals surface area (Å²) in [6.45, 7) is 11.8. The van der Waals surface area contributed by atoms with Crippen LogP contribution < -0.4 is 0 Å². The molecule has 1 aromatic carbocycles. The number of carbonyl (C=O) groups is 2. The van der Waals surface area contributed by atoms with Crippen molar-refractivity contribution < 1.29 is 14.1 Å². The third-order valence-electron chi connectivity index (χ3n) is 5.14. The van der Waals surface area contributed by atoms with Gasteiger partial charge in [-0.2, -0.15) is 4.98 Å². The molecule has 0 saturated carbocycles. The fourth-order valence-corrected chi connectivity index (χ4v) is 3.60. The summed E-state index contributed by atoms with van der Waals surface area (Å²) in [6.07, 6.45) is 0.605. The maximum Gasteiger partial charge on any atom is 0.258 e. The summed E-state index contributed by atoms with van der Waals surface area (Å²) in [7, 11) is 0. The van der Waals surface area contributed by atoms with Gasteiger partial charge in [-0.25, -0.2) is 0 Å². The number of hydrogen-bond donors (Lipinski definition) is 0. The van der Waals surface area contributed by atoms with Gasteiger partial charge >= 0.3 is 0 Å². The zero-order valence-corrected chi connectivity index (χ0v) is 17.9. The van der Waals surface area contributed by atoms with Crippen LogP contribution >= 0.6 is 0 Å². The third-order valence-corrected chi connectivity index (χ3v) is 5.14. The van der Waals surface area contributed by atoms with Crippen LogP contribution in [0.2, 0.25) is 0 Å². The molecule has 0 bridgehead atoms. The molecular formula is C22H30N4O3. The van der Waals surface area contributed by atoms with Crippen molar-refractivity contribution in [1.29, 1.82) is 0 Å². The first-order chi connectivity index (χ1) is 13.6. The number of piperazine rings is 1. The Bertz CT molecular complexity index is 884. The van der Waals surface area contributed by atoms with Crippen molar-refractivity contribution in [3.05, 3.63) is 35.7 Å². The summed E-state index contributed by atoms with van der Waals surface area (Å²) in [5.41, 5.74) is 1.87. The van der Waals surface area contributed by atoms with Crippen molar-refractivity contribution in [2.75, 3.05) is 19.6 Å². The molecule has 0 spiro atoms.